The molecule has 4 aliphatic heterocycles. The lowest BCUT2D eigenvalue weighted by molar-refractivity contribution is -0.146. The summed E-state index contributed by atoms with van der Waals surface area (Å²) in [5.74, 6) is -1.40. The van der Waals surface area contributed by atoms with Crippen molar-refractivity contribution in [3.63, 3.8) is 0 Å². The van der Waals surface area contributed by atoms with Gasteiger partial charge in [-0.25, -0.2) is 0 Å². The van der Waals surface area contributed by atoms with E-state index in [-0.39, 0.29) is 66.8 Å². The van der Waals surface area contributed by atoms with E-state index in [1.165, 1.54) is 0 Å². The summed E-state index contributed by atoms with van der Waals surface area (Å²) in [4.78, 5) is 38.2. The molecule has 4 unspecified atom stereocenters. The van der Waals surface area contributed by atoms with Gasteiger partial charge in [-0.2, -0.15) is 0 Å². The van der Waals surface area contributed by atoms with Crippen molar-refractivity contribution in [2.75, 3.05) is 19.6 Å². The third kappa shape index (κ3) is 2.75. The fourth-order valence-electron chi connectivity index (χ4n) is 4.32. The maximum atomic E-state index is 12.4. The van der Waals surface area contributed by atoms with Gasteiger partial charge >= 0.3 is 0 Å². The predicted molar refractivity (Wildman–Crippen MR) is 82.9 cm³/mol. The van der Waals surface area contributed by atoms with Crippen molar-refractivity contribution in [3.8, 4) is 0 Å². The van der Waals surface area contributed by atoms with Gasteiger partial charge in [0.15, 0.2) is 0 Å². The van der Waals surface area contributed by atoms with Crippen molar-refractivity contribution in [1.82, 2.24) is 15.5 Å². The molecule has 3 amide bonds. The van der Waals surface area contributed by atoms with Crippen LogP contribution in [0, 0.1) is 11.8 Å². The molecule has 5 atom stereocenters. The number of amides is 3. The van der Waals surface area contributed by atoms with E-state index in [0.29, 0.717) is 0 Å². The van der Waals surface area contributed by atoms with Crippen LogP contribution < -0.4 is 10.6 Å². The molecule has 8 heteroatoms. The number of hydrogen-bond donors (Lipinski definition) is 2. The van der Waals surface area contributed by atoms with Gasteiger partial charge in [0.2, 0.25) is 17.7 Å². The highest BCUT2D eigenvalue weighted by atomic mass is 35.5. The summed E-state index contributed by atoms with van der Waals surface area (Å²) in [6, 6.07) is 0.0908. The Morgan fingerprint density at radius 2 is 1.83 bits per heavy atom. The number of carbonyl (C=O) groups is 3. The maximum absolute atomic E-state index is 12.4. The lowest BCUT2D eigenvalue weighted by Gasteiger charge is -2.25. The number of nitrogens with one attached hydrogen (secondary N) is 2. The van der Waals surface area contributed by atoms with E-state index in [1.807, 2.05) is 0 Å². The van der Waals surface area contributed by atoms with Gasteiger partial charge in [0.1, 0.15) is 6.54 Å². The highest BCUT2D eigenvalue weighted by Gasteiger charge is 2.62. The molecule has 0 spiro atoms. The van der Waals surface area contributed by atoms with Gasteiger partial charge < -0.3 is 15.4 Å². The number of halogens is 1. The van der Waals surface area contributed by atoms with Crippen LogP contribution >= 0.6 is 12.4 Å². The Bertz CT molecular complexity index is 495. The number of nitrogens with zero attached hydrogens (tertiary/aromatic N) is 1. The molecule has 2 N–H and O–H groups in total. The van der Waals surface area contributed by atoms with Crippen LogP contribution in [-0.2, 0) is 19.1 Å². The van der Waals surface area contributed by atoms with Gasteiger partial charge in [0.05, 0.1) is 24.0 Å². The van der Waals surface area contributed by atoms with Crippen molar-refractivity contribution in [2.24, 2.45) is 11.8 Å². The first-order valence-electron chi connectivity index (χ1n) is 8.16. The Balaban J connectivity index is 0.00000156. The van der Waals surface area contributed by atoms with Gasteiger partial charge in [0, 0.05) is 12.6 Å². The van der Waals surface area contributed by atoms with Gasteiger partial charge in [-0.1, -0.05) is 0 Å². The van der Waals surface area contributed by atoms with Gasteiger partial charge in [-0.3, -0.25) is 19.3 Å². The van der Waals surface area contributed by atoms with Gasteiger partial charge in [-0.05, 0) is 32.2 Å². The molecule has 0 aromatic carbocycles. The van der Waals surface area contributed by atoms with Crippen molar-refractivity contribution in [2.45, 2.75) is 43.9 Å². The highest BCUT2D eigenvalue weighted by molar-refractivity contribution is 6.08. The minimum Gasteiger partial charge on any atom is -0.373 e. The summed E-state index contributed by atoms with van der Waals surface area (Å²) < 4.78 is 5.68. The van der Waals surface area contributed by atoms with E-state index in [9.17, 15) is 14.4 Å². The summed E-state index contributed by atoms with van der Waals surface area (Å²) >= 11 is 0. The molecule has 2 bridgehead atoms. The third-order valence-corrected chi connectivity index (χ3v) is 5.34. The van der Waals surface area contributed by atoms with Crippen molar-refractivity contribution in [3.05, 3.63) is 0 Å². The average Bonchev–Trinajstić information content (AvgIpc) is 3.18. The maximum Gasteiger partial charge on any atom is 0.240 e. The minimum absolute atomic E-state index is 0. The molecule has 0 aromatic heterocycles. The Morgan fingerprint density at radius 3 is 2.39 bits per heavy atom. The van der Waals surface area contributed by atoms with E-state index in [0.717, 1.165) is 43.7 Å². The first-order chi connectivity index (χ1) is 10.6. The molecule has 0 aliphatic carbocycles. The molecule has 0 saturated carbocycles. The second-order valence-electron chi connectivity index (χ2n) is 6.72. The predicted octanol–water partition coefficient (Wildman–Crippen LogP) is -0.561. The molecule has 4 fully saturated rings. The van der Waals surface area contributed by atoms with Crippen molar-refractivity contribution < 1.29 is 19.1 Å². The van der Waals surface area contributed by atoms with Crippen LogP contribution in [0.4, 0.5) is 0 Å². The second kappa shape index (κ2) is 6.37. The number of fused-ring (bicyclic) bond motifs is 5. The Kier molecular flexibility index (Phi) is 4.62. The molecular weight excluding hydrogens is 322 g/mol. The Hall–Kier alpha value is -1.18. The van der Waals surface area contributed by atoms with Gasteiger partial charge in [-0.15, -0.1) is 12.4 Å². The number of piperidine rings is 1. The van der Waals surface area contributed by atoms with Gasteiger partial charge in [0.25, 0.3) is 0 Å². The number of imide groups is 1. The Labute approximate surface area is 140 Å². The molecule has 7 nitrogen and oxygen atoms in total. The van der Waals surface area contributed by atoms with Crippen LogP contribution in [-0.4, -0.2) is 60.5 Å². The molecule has 128 valence electrons. The van der Waals surface area contributed by atoms with Crippen LogP contribution in [0.1, 0.15) is 25.7 Å². The van der Waals surface area contributed by atoms with Crippen LogP contribution in [0.3, 0.4) is 0 Å². The summed E-state index contributed by atoms with van der Waals surface area (Å²) in [7, 11) is 0. The molecule has 0 radical (unpaired) electrons. The highest BCUT2D eigenvalue weighted by Crippen LogP contribution is 2.48. The standard InChI is InChI=1S/C15H21N3O4.ClH/c19-11(17-8-2-1-5-16-6-8)7-18-14(20)12-9-3-4-10(22-9)13(12)15(18)21;/h8-10,12-13,16H,1-7H2,(H,17,19);1H/t8-,9?,10?,12?,13?;/m0./s1. The second-order valence-corrected chi connectivity index (χ2v) is 6.72. The summed E-state index contributed by atoms with van der Waals surface area (Å²) in [5.41, 5.74) is 0. The quantitative estimate of drug-likeness (QED) is 0.671. The Morgan fingerprint density at radius 1 is 1.17 bits per heavy atom. The zero-order valence-electron chi connectivity index (χ0n) is 12.8. The molecule has 4 heterocycles. The molecule has 4 saturated heterocycles. The number of hydrogen-bond acceptors (Lipinski definition) is 5. The molecule has 4 rings (SSSR count). The van der Waals surface area contributed by atoms with Crippen LogP contribution in [0.5, 0.6) is 0 Å². The lowest BCUT2D eigenvalue weighted by atomic mass is 9.81. The monoisotopic (exact) mass is 343 g/mol. The number of likely N-dealkylation sites (tertiary alicyclic amines) is 1. The summed E-state index contributed by atoms with van der Waals surface area (Å²) in [5, 5.41) is 6.14. The zero-order valence-corrected chi connectivity index (χ0v) is 13.6. The summed E-state index contributed by atoms with van der Waals surface area (Å²) in [6.45, 7) is 1.57. The normalized spacial score (nSPS) is 38.4. The zero-order chi connectivity index (χ0) is 15.3. The molecule has 4 aliphatic rings. The average molecular weight is 344 g/mol. The smallest absolute Gasteiger partial charge is 0.240 e. The SMILES string of the molecule is Cl.O=C(CN1C(=O)C2C3CCC(O3)C2C1=O)N[C@H]1CCCNC1. The molecule has 23 heavy (non-hydrogen) atoms. The minimum atomic E-state index is -0.351. The van der Waals surface area contributed by atoms with Crippen LogP contribution in [0.2, 0.25) is 0 Å². The molecular formula is C15H22ClN3O4. The first kappa shape index (κ1) is 16.7. The molecule has 0 aromatic rings. The number of ether oxygens (including phenoxy) is 1. The summed E-state index contributed by atoms with van der Waals surface area (Å²) in [6.07, 6.45) is 3.41. The largest absolute Gasteiger partial charge is 0.373 e. The lowest BCUT2D eigenvalue weighted by Crippen LogP contribution is -2.49. The fraction of sp³-hybridized carbons (Fsp3) is 0.800. The van der Waals surface area contributed by atoms with E-state index >= 15 is 0 Å². The van der Waals surface area contributed by atoms with E-state index in [2.05, 4.69) is 10.6 Å². The van der Waals surface area contributed by atoms with Crippen LogP contribution in [0.25, 0.3) is 0 Å². The topological polar surface area (TPSA) is 87.7 Å². The first-order valence-corrected chi connectivity index (χ1v) is 8.16. The van der Waals surface area contributed by atoms with Crippen molar-refractivity contribution in [1.29, 1.82) is 0 Å². The van der Waals surface area contributed by atoms with Crippen LogP contribution in [0.15, 0.2) is 0 Å². The van der Waals surface area contributed by atoms with Crippen molar-refractivity contribution >= 4 is 30.1 Å². The number of carbonyl (C=O) groups excluding carboxylic acids is 3. The fourth-order valence-corrected chi connectivity index (χ4v) is 4.32. The van der Waals surface area contributed by atoms with E-state index in [1.54, 1.807) is 0 Å². The number of rotatable bonds is 3. The van der Waals surface area contributed by atoms with E-state index < -0.39 is 0 Å². The van der Waals surface area contributed by atoms with E-state index in [4.69, 9.17) is 4.74 Å². The third-order valence-electron chi connectivity index (χ3n) is 5.34.